The molecule has 3 heterocycles. The largest absolute Gasteiger partial charge is 0.304 e. The van der Waals surface area contributed by atoms with E-state index in [2.05, 4.69) is 9.71 Å². The Morgan fingerprint density at radius 1 is 1.09 bits per heavy atom. The third-order valence-electron chi connectivity index (χ3n) is 6.84. The van der Waals surface area contributed by atoms with Crippen LogP contribution in [0.4, 0.5) is 10.1 Å². The van der Waals surface area contributed by atoms with Gasteiger partial charge in [0.2, 0.25) is 17.2 Å². The topological polar surface area (TPSA) is 86.9 Å². The van der Waals surface area contributed by atoms with Gasteiger partial charge >= 0.3 is 0 Å². The molecule has 1 aliphatic heterocycles. The summed E-state index contributed by atoms with van der Waals surface area (Å²) >= 11 is -2.18. The molecule has 2 aromatic heterocycles. The highest BCUT2D eigenvalue weighted by atomic mass is 32.2. The molecule has 7 nitrogen and oxygen atoms in total. The van der Waals surface area contributed by atoms with Gasteiger partial charge in [-0.25, -0.2) is 18.3 Å². The number of amides is 1. The molecule has 1 unspecified atom stereocenters. The van der Waals surface area contributed by atoms with Gasteiger partial charge in [0.25, 0.3) is 0 Å². The van der Waals surface area contributed by atoms with E-state index in [1.165, 1.54) is 12.1 Å². The average molecular weight is 493 g/mol. The number of nitrogens with zero attached hydrogens (tertiary/aromatic N) is 3. The first-order chi connectivity index (χ1) is 16.8. The van der Waals surface area contributed by atoms with Crippen molar-refractivity contribution in [1.82, 2.24) is 14.1 Å². The van der Waals surface area contributed by atoms with Crippen LogP contribution in [0.5, 0.6) is 0 Å². The van der Waals surface area contributed by atoms with E-state index < -0.39 is 16.7 Å². The molecule has 4 aromatic rings. The Kier molecular flexibility index (Phi) is 6.00. The van der Waals surface area contributed by atoms with Crippen molar-refractivity contribution < 1.29 is 17.9 Å². The molecule has 0 bridgehead atoms. The Hall–Kier alpha value is -3.40. The highest BCUT2D eigenvalue weighted by molar-refractivity contribution is 7.77. The molecular weight excluding hydrogens is 467 g/mol. The van der Waals surface area contributed by atoms with E-state index in [-0.39, 0.29) is 30.2 Å². The van der Waals surface area contributed by atoms with E-state index in [0.717, 1.165) is 22.3 Å². The fourth-order valence-corrected chi connectivity index (χ4v) is 5.29. The van der Waals surface area contributed by atoms with Gasteiger partial charge in [-0.15, -0.1) is 0 Å². The van der Waals surface area contributed by atoms with Gasteiger partial charge in [0, 0.05) is 24.2 Å². The highest BCUT2D eigenvalue weighted by Crippen LogP contribution is 2.50. The van der Waals surface area contributed by atoms with Gasteiger partial charge in [-0.05, 0) is 42.0 Å². The molecule has 0 aliphatic carbocycles. The van der Waals surface area contributed by atoms with Gasteiger partial charge in [0.05, 0.1) is 28.4 Å². The lowest BCUT2D eigenvalue weighted by Gasteiger charge is -2.30. The number of hydrogen-bond donors (Lipinski definition) is 2. The number of anilines is 1. The molecule has 180 valence electrons. The lowest BCUT2D eigenvalue weighted by Crippen LogP contribution is -2.35. The zero-order valence-corrected chi connectivity index (χ0v) is 20.1. The number of fused-ring (bicyclic) bond motifs is 1. The second-order valence-corrected chi connectivity index (χ2v) is 10.0. The molecule has 2 aromatic carbocycles. The van der Waals surface area contributed by atoms with E-state index in [0.29, 0.717) is 5.69 Å². The molecule has 35 heavy (non-hydrogen) atoms. The van der Waals surface area contributed by atoms with Gasteiger partial charge in [0.15, 0.2) is 0 Å². The lowest BCUT2D eigenvalue weighted by molar-refractivity contribution is -0.125. The van der Waals surface area contributed by atoms with E-state index in [1.807, 2.05) is 66.9 Å². The minimum atomic E-state index is -2.18. The lowest BCUT2D eigenvalue weighted by atomic mass is 9.76. The molecule has 3 atom stereocenters. The van der Waals surface area contributed by atoms with Crippen LogP contribution in [0.3, 0.4) is 0 Å². The van der Waals surface area contributed by atoms with Gasteiger partial charge in [-0.1, -0.05) is 44.2 Å². The zero-order chi connectivity index (χ0) is 24.7. The van der Waals surface area contributed by atoms with Crippen molar-refractivity contribution >= 4 is 28.4 Å². The van der Waals surface area contributed by atoms with Crippen LogP contribution in [-0.4, -0.2) is 30.6 Å². The number of halogens is 1. The first-order valence-electron chi connectivity index (χ1n) is 11.2. The summed E-state index contributed by atoms with van der Waals surface area (Å²) < 4.78 is 38.6. The van der Waals surface area contributed by atoms with Crippen LogP contribution in [0.25, 0.3) is 16.8 Å². The van der Waals surface area contributed by atoms with E-state index in [4.69, 9.17) is 0 Å². The summed E-state index contributed by atoms with van der Waals surface area (Å²) in [6, 6.07) is 19.3. The van der Waals surface area contributed by atoms with Crippen LogP contribution in [0.1, 0.15) is 25.5 Å². The van der Waals surface area contributed by atoms with Crippen molar-refractivity contribution in [3.05, 3.63) is 90.6 Å². The quantitative estimate of drug-likeness (QED) is 0.385. The number of aromatic nitrogens is 2. The maximum atomic E-state index is 13.8. The normalized spacial score (nSPS) is 20.5. The van der Waals surface area contributed by atoms with E-state index in [9.17, 15) is 17.9 Å². The number of benzene rings is 2. The van der Waals surface area contributed by atoms with Crippen molar-refractivity contribution in [3.8, 4) is 11.3 Å². The standard InChI is InChI=1S/C26H25FN4O3S/c1-26(2)21(14-29-35(33)34)24(18-6-4-3-5-7-18)31(25(26)32)20-12-13-22-23(28-16-30(22)15-20)17-8-10-19(27)11-9-17/h3-13,15-16,21,24,29H,14H2,1-2H3,(H,33,34)/t21-,24-/m0/s1. The van der Waals surface area contributed by atoms with Crippen molar-refractivity contribution in [1.29, 1.82) is 0 Å². The van der Waals surface area contributed by atoms with Gasteiger partial charge in [-0.2, -0.15) is 0 Å². The fourth-order valence-electron chi connectivity index (χ4n) is 4.97. The number of carbonyl (C=O) groups excluding carboxylic acids is 1. The predicted molar refractivity (Wildman–Crippen MR) is 133 cm³/mol. The van der Waals surface area contributed by atoms with E-state index >= 15 is 0 Å². The van der Waals surface area contributed by atoms with Gasteiger partial charge < -0.3 is 9.30 Å². The molecule has 1 saturated heterocycles. The summed E-state index contributed by atoms with van der Waals surface area (Å²) in [6.07, 6.45) is 3.54. The molecule has 0 radical (unpaired) electrons. The van der Waals surface area contributed by atoms with Crippen LogP contribution >= 0.6 is 0 Å². The Labute approximate surface area is 205 Å². The number of nitrogens with one attached hydrogen (secondary N) is 1. The summed E-state index contributed by atoms with van der Waals surface area (Å²) in [6.45, 7) is 3.94. The van der Waals surface area contributed by atoms with Crippen LogP contribution in [0, 0.1) is 17.2 Å². The molecule has 9 heteroatoms. The number of rotatable bonds is 6. The average Bonchev–Trinajstić information content (AvgIpc) is 3.35. The Morgan fingerprint density at radius 3 is 2.49 bits per heavy atom. The monoisotopic (exact) mass is 492 g/mol. The Morgan fingerprint density at radius 2 is 1.80 bits per heavy atom. The number of hydrogen-bond acceptors (Lipinski definition) is 3. The molecule has 5 rings (SSSR count). The Balaban J connectivity index is 1.59. The van der Waals surface area contributed by atoms with Gasteiger partial charge in [-0.3, -0.25) is 9.35 Å². The van der Waals surface area contributed by atoms with Crippen LogP contribution in [0.15, 0.2) is 79.3 Å². The maximum Gasteiger partial charge on any atom is 0.233 e. The second kappa shape index (κ2) is 8.99. The highest BCUT2D eigenvalue weighted by Gasteiger charge is 2.54. The van der Waals surface area contributed by atoms with Crippen molar-refractivity contribution in [2.45, 2.75) is 19.9 Å². The molecule has 1 amide bonds. The van der Waals surface area contributed by atoms with Crippen LogP contribution in [0.2, 0.25) is 0 Å². The maximum absolute atomic E-state index is 13.8. The Bertz CT molecular complexity index is 1410. The van der Waals surface area contributed by atoms with Crippen molar-refractivity contribution in [2.24, 2.45) is 11.3 Å². The number of pyridine rings is 1. The second-order valence-electron chi connectivity index (χ2n) is 9.24. The molecular formula is C26H25FN4O3S. The zero-order valence-electron chi connectivity index (χ0n) is 19.3. The molecule has 0 saturated carbocycles. The molecule has 1 fully saturated rings. The van der Waals surface area contributed by atoms with Gasteiger partial charge in [0.1, 0.15) is 12.1 Å². The summed E-state index contributed by atoms with van der Waals surface area (Å²) in [5.41, 5.74) is 3.20. The first kappa shape index (κ1) is 23.3. The predicted octanol–water partition coefficient (Wildman–Crippen LogP) is 4.60. The van der Waals surface area contributed by atoms with Crippen molar-refractivity contribution in [2.75, 3.05) is 11.4 Å². The van der Waals surface area contributed by atoms with Crippen LogP contribution < -0.4 is 9.62 Å². The number of carbonyl (C=O) groups is 1. The summed E-state index contributed by atoms with van der Waals surface area (Å²) in [7, 11) is 0. The smallest absolute Gasteiger partial charge is 0.233 e. The minimum absolute atomic E-state index is 0.0694. The summed E-state index contributed by atoms with van der Waals surface area (Å²) in [5, 5.41) is 0. The fraction of sp³-hybridized carbons (Fsp3) is 0.231. The summed E-state index contributed by atoms with van der Waals surface area (Å²) in [4.78, 5) is 20.1. The van der Waals surface area contributed by atoms with Crippen LogP contribution in [-0.2, 0) is 16.1 Å². The summed E-state index contributed by atoms with van der Waals surface area (Å²) in [5.74, 6) is -0.641. The minimum Gasteiger partial charge on any atom is -0.304 e. The molecule has 2 N–H and O–H groups in total. The first-order valence-corrected chi connectivity index (χ1v) is 12.3. The number of imidazole rings is 1. The molecule has 1 aliphatic rings. The van der Waals surface area contributed by atoms with Crippen molar-refractivity contribution in [3.63, 3.8) is 0 Å². The third kappa shape index (κ3) is 4.16. The van der Waals surface area contributed by atoms with E-state index in [1.54, 1.807) is 23.4 Å². The third-order valence-corrected chi connectivity index (χ3v) is 7.25. The molecule has 0 spiro atoms. The SMILES string of the molecule is CC1(C)C(=O)N(c2ccc3c(-c4ccc(F)cc4)ncn3c2)[C@@H](c2ccccc2)[C@@H]1CNS(=O)O.